The van der Waals surface area contributed by atoms with Gasteiger partial charge in [0.05, 0.1) is 35.7 Å². The van der Waals surface area contributed by atoms with Gasteiger partial charge in [-0.3, -0.25) is 9.59 Å². The van der Waals surface area contributed by atoms with Gasteiger partial charge in [-0.15, -0.1) is 0 Å². The number of nitrogens with one attached hydrogen (secondary N) is 2. The lowest BCUT2D eigenvalue weighted by Crippen LogP contribution is -2.12. The third kappa shape index (κ3) is 3.83. The second kappa shape index (κ2) is 8.12. The lowest BCUT2D eigenvalue weighted by molar-refractivity contribution is -0.138. The number of aliphatic carboxylic acids is 1. The average Bonchev–Trinajstić information content (AvgIpc) is 2.92. The highest BCUT2D eigenvalue weighted by molar-refractivity contribution is 6.12. The molecule has 3 aromatic carbocycles. The highest BCUT2D eigenvalue weighted by Gasteiger charge is 2.22. The fourth-order valence-electron chi connectivity index (χ4n) is 3.64. The van der Waals surface area contributed by atoms with Gasteiger partial charge < -0.3 is 26.2 Å². The second-order valence-electron chi connectivity index (χ2n) is 7.44. The van der Waals surface area contributed by atoms with Crippen LogP contribution in [0, 0.1) is 0 Å². The molecule has 0 spiro atoms. The number of carbonyl (C=O) groups is 2. The standard InChI is InChI=1S/C24H23N3O4/c1-13(24(29)30)14-6-8-19-21(9-14)27-23(28)18-7-5-15(10-20(18)26-19)16-3-4-17(12-25)22(11-16)31-2/h3-11,13,26H,12,25H2,1-2H3,(H,27,28)(H,29,30). The molecule has 0 bridgehead atoms. The maximum atomic E-state index is 12.8. The molecule has 1 heterocycles. The van der Waals surface area contributed by atoms with E-state index in [0.29, 0.717) is 40.5 Å². The van der Waals surface area contributed by atoms with Crippen LogP contribution in [0.25, 0.3) is 11.1 Å². The molecule has 158 valence electrons. The summed E-state index contributed by atoms with van der Waals surface area (Å²) in [4.78, 5) is 24.1. The number of carboxylic acids is 1. The van der Waals surface area contributed by atoms with Crippen LogP contribution < -0.4 is 21.1 Å². The van der Waals surface area contributed by atoms with Crippen molar-refractivity contribution in [3.8, 4) is 16.9 Å². The summed E-state index contributed by atoms with van der Waals surface area (Å²) >= 11 is 0. The first-order valence-electron chi connectivity index (χ1n) is 9.87. The Morgan fingerprint density at radius 1 is 1.00 bits per heavy atom. The van der Waals surface area contributed by atoms with Gasteiger partial charge in [-0.2, -0.15) is 0 Å². The van der Waals surface area contributed by atoms with Crippen molar-refractivity contribution in [2.45, 2.75) is 19.4 Å². The molecule has 3 aromatic rings. The van der Waals surface area contributed by atoms with Gasteiger partial charge in [0, 0.05) is 12.1 Å². The molecule has 7 heteroatoms. The van der Waals surface area contributed by atoms with Crippen molar-refractivity contribution in [1.29, 1.82) is 0 Å². The number of rotatable bonds is 5. The fraction of sp³-hybridized carbons (Fsp3) is 0.167. The number of amides is 1. The summed E-state index contributed by atoms with van der Waals surface area (Å²) in [7, 11) is 1.61. The molecule has 1 aliphatic heterocycles. The van der Waals surface area contributed by atoms with Crippen LogP contribution in [-0.4, -0.2) is 24.1 Å². The van der Waals surface area contributed by atoms with Gasteiger partial charge in [-0.05, 0) is 53.9 Å². The smallest absolute Gasteiger partial charge is 0.310 e. The van der Waals surface area contributed by atoms with Gasteiger partial charge in [0.1, 0.15) is 5.75 Å². The zero-order valence-corrected chi connectivity index (χ0v) is 17.2. The molecule has 5 N–H and O–H groups in total. The molecule has 0 aliphatic carbocycles. The van der Waals surface area contributed by atoms with E-state index in [-0.39, 0.29) is 5.91 Å². The molecular weight excluding hydrogens is 394 g/mol. The van der Waals surface area contributed by atoms with E-state index in [9.17, 15) is 14.7 Å². The minimum atomic E-state index is -0.920. The van der Waals surface area contributed by atoms with Crippen molar-refractivity contribution >= 4 is 28.9 Å². The summed E-state index contributed by atoms with van der Waals surface area (Å²) in [6.07, 6.45) is 0. The quantitative estimate of drug-likeness (QED) is 0.492. The maximum Gasteiger partial charge on any atom is 0.310 e. The third-order valence-electron chi connectivity index (χ3n) is 5.54. The topological polar surface area (TPSA) is 114 Å². The van der Waals surface area contributed by atoms with Crippen LogP contribution in [0.2, 0.25) is 0 Å². The Bertz CT molecular complexity index is 1190. The van der Waals surface area contributed by atoms with E-state index in [1.807, 2.05) is 30.3 Å². The van der Waals surface area contributed by atoms with Crippen LogP contribution in [0.1, 0.15) is 34.3 Å². The molecule has 7 nitrogen and oxygen atoms in total. The minimum Gasteiger partial charge on any atom is -0.496 e. The SMILES string of the molecule is COc1cc(-c2ccc3c(c2)Nc2ccc(C(C)C(=O)O)cc2NC3=O)ccc1CN. The number of fused-ring (bicyclic) bond motifs is 2. The van der Waals surface area contributed by atoms with Crippen LogP contribution in [-0.2, 0) is 11.3 Å². The van der Waals surface area contributed by atoms with E-state index in [1.165, 1.54) is 0 Å². The Hall–Kier alpha value is -3.84. The highest BCUT2D eigenvalue weighted by atomic mass is 16.5. The van der Waals surface area contributed by atoms with E-state index >= 15 is 0 Å². The van der Waals surface area contributed by atoms with Crippen molar-refractivity contribution in [3.63, 3.8) is 0 Å². The number of hydrogen-bond acceptors (Lipinski definition) is 5. The first-order chi connectivity index (χ1) is 14.9. The first-order valence-corrected chi connectivity index (χ1v) is 9.87. The number of benzene rings is 3. The molecule has 31 heavy (non-hydrogen) atoms. The Morgan fingerprint density at radius 2 is 1.74 bits per heavy atom. The van der Waals surface area contributed by atoms with Crippen LogP contribution in [0.3, 0.4) is 0 Å². The van der Waals surface area contributed by atoms with Crippen molar-refractivity contribution in [2.24, 2.45) is 5.73 Å². The summed E-state index contributed by atoms with van der Waals surface area (Å²) in [6.45, 7) is 2.00. The molecule has 1 unspecified atom stereocenters. The van der Waals surface area contributed by atoms with Gasteiger partial charge in [-0.25, -0.2) is 0 Å². The fourth-order valence-corrected chi connectivity index (χ4v) is 3.64. The molecule has 1 aliphatic rings. The number of methoxy groups -OCH3 is 1. The average molecular weight is 417 g/mol. The Labute approximate surface area is 179 Å². The highest BCUT2D eigenvalue weighted by Crippen LogP contribution is 2.37. The van der Waals surface area contributed by atoms with E-state index in [1.54, 1.807) is 38.3 Å². The van der Waals surface area contributed by atoms with E-state index in [0.717, 1.165) is 16.7 Å². The van der Waals surface area contributed by atoms with Crippen LogP contribution >= 0.6 is 0 Å². The van der Waals surface area contributed by atoms with E-state index in [2.05, 4.69) is 10.6 Å². The lowest BCUT2D eigenvalue weighted by atomic mass is 10.00. The van der Waals surface area contributed by atoms with Gasteiger partial charge in [0.2, 0.25) is 0 Å². The number of carbonyl (C=O) groups excluding carboxylic acids is 1. The van der Waals surface area contributed by atoms with E-state index in [4.69, 9.17) is 10.5 Å². The Kier molecular flexibility index (Phi) is 5.35. The number of hydrogen-bond donors (Lipinski definition) is 4. The number of carboxylic acid groups (broad SMARTS) is 1. The van der Waals surface area contributed by atoms with Crippen LogP contribution in [0.15, 0.2) is 54.6 Å². The number of ether oxygens (including phenoxy) is 1. The maximum absolute atomic E-state index is 12.8. The van der Waals surface area contributed by atoms with Gasteiger partial charge >= 0.3 is 5.97 Å². The third-order valence-corrected chi connectivity index (χ3v) is 5.54. The molecule has 0 aromatic heterocycles. The Balaban J connectivity index is 1.73. The predicted octanol–water partition coefficient (Wildman–Crippen LogP) is 4.32. The summed E-state index contributed by atoms with van der Waals surface area (Å²) in [5.41, 5.74) is 11.6. The largest absolute Gasteiger partial charge is 0.496 e. The van der Waals surface area contributed by atoms with Crippen molar-refractivity contribution in [3.05, 3.63) is 71.3 Å². The van der Waals surface area contributed by atoms with E-state index < -0.39 is 11.9 Å². The Morgan fingerprint density at radius 3 is 2.45 bits per heavy atom. The molecular formula is C24H23N3O4. The van der Waals surface area contributed by atoms with Gasteiger partial charge in [0.25, 0.3) is 5.91 Å². The van der Waals surface area contributed by atoms with Crippen LogP contribution in [0.4, 0.5) is 17.1 Å². The number of nitrogens with two attached hydrogens (primary N) is 1. The summed E-state index contributed by atoms with van der Waals surface area (Å²) < 4.78 is 5.44. The molecule has 1 amide bonds. The summed E-state index contributed by atoms with van der Waals surface area (Å²) in [6, 6.07) is 16.6. The van der Waals surface area contributed by atoms with Gasteiger partial charge in [0.15, 0.2) is 0 Å². The zero-order valence-electron chi connectivity index (χ0n) is 17.2. The molecule has 0 fully saturated rings. The second-order valence-corrected chi connectivity index (χ2v) is 7.44. The zero-order chi connectivity index (χ0) is 22.1. The van der Waals surface area contributed by atoms with Crippen molar-refractivity contribution in [1.82, 2.24) is 0 Å². The van der Waals surface area contributed by atoms with Crippen molar-refractivity contribution in [2.75, 3.05) is 17.7 Å². The van der Waals surface area contributed by atoms with Gasteiger partial charge in [-0.1, -0.05) is 24.3 Å². The molecule has 4 rings (SSSR count). The normalized spacial score (nSPS) is 13.2. The molecule has 0 saturated carbocycles. The minimum absolute atomic E-state index is 0.260. The first kappa shape index (κ1) is 20.4. The summed E-state index contributed by atoms with van der Waals surface area (Å²) in [5.74, 6) is -1.14. The summed E-state index contributed by atoms with van der Waals surface area (Å²) in [5, 5.41) is 15.5. The monoisotopic (exact) mass is 417 g/mol. The number of anilines is 3. The van der Waals surface area contributed by atoms with Crippen molar-refractivity contribution < 1.29 is 19.4 Å². The lowest BCUT2D eigenvalue weighted by Gasteiger charge is -2.13. The molecule has 0 saturated heterocycles. The molecule has 1 atom stereocenters. The predicted molar refractivity (Wildman–Crippen MR) is 120 cm³/mol. The molecule has 0 radical (unpaired) electrons. The van der Waals surface area contributed by atoms with Crippen LogP contribution in [0.5, 0.6) is 5.75 Å².